The number of hydrogen-bond donors (Lipinski definition) is 1. The van der Waals surface area contributed by atoms with Crippen LogP contribution < -0.4 is 5.73 Å². The van der Waals surface area contributed by atoms with Crippen LogP contribution in [-0.4, -0.2) is 43.0 Å². The Balaban J connectivity index is 1.59. The lowest BCUT2D eigenvalue weighted by molar-refractivity contribution is -0.142. The minimum Gasteiger partial charge on any atom is -0.468 e. The Morgan fingerprint density at radius 3 is 2.54 bits per heavy atom. The summed E-state index contributed by atoms with van der Waals surface area (Å²) in [5, 5.41) is 0. The molecule has 0 aromatic heterocycles. The summed E-state index contributed by atoms with van der Waals surface area (Å²) in [6.07, 6.45) is 5.62. The van der Waals surface area contributed by atoms with Gasteiger partial charge in [-0.2, -0.15) is 0 Å². The van der Waals surface area contributed by atoms with E-state index in [1.165, 1.54) is 18.2 Å². The van der Waals surface area contributed by atoms with E-state index < -0.39 is 12.0 Å². The third kappa shape index (κ3) is 3.85. The number of carbonyl (C=O) groups excluding carboxylic acids is 2. The average molecular weight is 328 g/mol. The van der Waals surface area contributed by atoms with Crippen LogP contribution in [0.15, 0.2) is 30.3 Å². The maximum absolute atomic E-state index is 12.1. The van der Waals surface area contributed by atoms with Crippen molar-refractivity contribution >= 4 is 17.4 Å². The van der Waals surface area contributed by atoms with Gasteiger partial charge in [-0.15, -0.1) is 0 Å². The maximum atomic E-state index is 12.1. The molecule has 1 fully saturated rings. The fraction of sp³-hybridized carbons (Fsp3) is 0.474. The Morgan fingerprint density at radius 1 is 1.29 bits per heavy atom. The van der Waals surface area contributed by atoms with Crippen molar-refractivity contribution in [1.29, 1.82) is 0 Å². The molecular weight excluding hydrogens is 304 g/mol. The predicted octanol–water partition coefficient (Wildman–Crippen LogP) is 1.76. The molecule has 0 spiro atoms. The smallest absolute Gasteiger partial charge is 0.322 e. The number of hydrogen-bond acceptors (Lipinski definition) is 4. The lowest BCUT2D eigenvalue weighted by Gasteiger charge is -2.27. The Bertz CT molecular complexity index is 647. The van der Waals surface area contributed by atoms with Gasteiger partial charge in [0.05, 0.1) is 7.11 Å². The van der Waals surface area contributed by atoms with Crippen molar-refractivity contribution in [2.45, 2.75) is 31.7 Å². The lowest BCUT2D eigenvalue weighted by atomic mass is 9.97. The molecule has 1 heterocycles. The molecule has 0 saturated heterocycles. The molecule has 1 atom stereocenters. The van der Waals surface area contributed by atoms with E-state index in [0.717, 1.165) is 31.4 Å². The minimum atomic E-state index is -0.628. The fourth-order valence-corrected chi connectivity index (χ4v) is 3.06. The number of benzene rings is 1. The zero-order valence-corrected chi connectivity index (χ0v) is 14.0. The second-order valence-corrected chi connectivity index (χ2v) is 6.57. The molecule has 1 amide bonds. The van der Waals surface area contributed by atoms with Gasteiger partial charge in [0.25, 0.3) is 0 Å². The Kier molecular flexibility index (Phi) is 5.00. The van der Waals surface area contributed by atoms with Gasteiger partial charge in [0, 0.05) is 19.0 Å². The first-order valence-electron chi connectivity index (χ1n) is 8.49. The summed E-state index contributed by atoms with van der Waals surface area (Å²) >= 11 is 0. The number of esters is 1. The van der Waals surface area contributed by atoms with Gasteiger partial charge in [0.2, 0.25) is 5.91 Å². The van der Waals surface area contributed by atoms with Crippen LogP contribution in [0.1, 0.15) is 30.4 Å². The van der Waals surface area contributed by atoms with Crippen LogP contribution in [0.4, 0.5) is 0 Å². The van der Waals surface area contributed by atoms with E-state index in [0.29, 0.717) is 24.8 Å². The first-order chi connectivity index (χ1) is 11.6. The van der Waals surface area contributed by atoms with Crippen LogP contribution in [0.25, 0.3) is 5.57 Å². The topological polar surface area (TPSA) is 72.6 Å². The van der Waals surface area contributed by atoms with Crippen molar-refractivity contribution in [3.05, 3.63) is 41.5 Å². The Hall–Kier alpha value is -2.14. The van der Waals surface area contributed by atoms with Crippen LogP contribution in [0.3, 0.4) is 0 Å². The molecule has 1 aliphatic carbocycles. The number of carbonyl (C=O) groups is 2. The van der Waals surface area contributed by atoms with Gasteiger partial charge < -0.3 is 15.4 Å². The number of ether oxygens (including phenoxy) is 1. The molecule has 3 rings (SSSR count). The Labute approximate surface area is 142 Å². The zero-order valence-electron chi connectivity index (χ0n) is 14.0. The van der Waals surface area contributed by atoms with Crippen LogP contribution in [0.2, 0.25) is 0 Å². The van der Waals surface area contributed by atoms with Gasteiger partial charge in [0.1, 0.15) is 6.04 Å². The zero-order chi connectivity index (χ0) is 17.1. The molecule has 128 valence electrons. The van der Waals surface area contributed by atoms with E-state index in [4.69, 9.17) is 5.73 Å². The van der Waals surface area contributed by atoms with E-state index in [9.17, 15) is 9.59 Å². The SMILES string of the molecule is COC(=O)[C@@H](N)Cc1ccc(C2=CCN(C(=O)C3CC3)CC2)cc1. The van der Waals surface area contributed by atoms with Gasteiger partial charge in [-0.25, -0.2) is 0 Å². The molecule has 24 heavy (non-hydrogen) atoms. The quantitative estimate of drug-likeness (QED) is 0.836. The van der Waals surface area contributed by atoms with Gasteiger partial charge in [-0.1, -0.05) is 30.3 Å². The molecule has 0 radical (unpaired) electrons. The van der Waals surface area contributed by atoms with Gasteiger partial charge in [-0.05, 0) is 42.4 Å². The van der Waals surface area contributed by atoms with Crippen molar-refractivity contribution < 1.29 is 14.3 Å². The highest BCUT2D eigenvalue weighted by atomic mass is 16.5. The first kappa shape index (κ1) is 16.7. The van der Waals surface area contributed by atoms with Crippen LogP contribution in [-0.2, 0) is 20.7 Å². The molecular formula is C19H24N2O3. The summed E-state index contributed by atoms with van der Waals surface area (Å²) in [5.41, 5.74) is 9.25. The molecule has 2 N–H and O–H groups in total. The molecule has 1 aromatic rings. The summed E-state index contributed by atoms with van der Waals surface area (Å²) in [7, 11) is 1.35. The van der Waals surface area contributed by atoms with Crippen LogP contribution in [0, 0.1) is 5.92 Å². The molecule has 5 nitrogen and oxygen atoms in total. The molecule has 2 aliphatic rings. The van der Waals surface area contributed by atoms with Crippen molar-refractivity contribution in [3.63, 3.8) is 0 Å². The van der Waals surface area contributed by atoms with E-state index in [-0.39, 0.29) is 0 Å². The number of rotatable bonds is 5. The third-order valence-corrected chi connectivity index (χ3v) is 4.73. The van der Waals surface area contributed by atoms with Gasteiger partial charge in [0.15, 0.2) is 0 Å². The van der Waals surface area contributed by atoms with Crippen molar-refractivity contribution in [2.24, 2.45) is 11.7 Å². The van der Waals surface area contributed by atoms with Crippen molar-refractivity contribution in [1.82, 2.24) is 4.90 Å². The number of nitrogens with two attached hydrogens (primary N) is 1. The first-order valence-corrected chi connectivity index (χ1v) is 8.49. The summed E-state index contributed by atoms with van der Waals surface area (Å²) in [4.78, 5) is 25.4. The number of methoxy groups -OCH3 is 1. The number of amides is 1. The molecule has 1 saturated carbocycles. The highest BCUT2D eigenvalue weighted by molar-refractivity contribution is 5.82. The molecule has 1 aliphatic heterocycles. The van der Waals surface area contributed by atoms with Crippen LogP contribution >= 0.6 is 0 Å². The highest BCUT2D eigenvalue weighted by Crippen LogP contribution is 2.32. The van der Waals surface area contributed by atoms with E-state index in [1.807, 2.05) is 17.0 Å². The molecule has 0 bridgehead atoms. The normalized spacial score (nSPS) is 18.8. The number of nitrogens with zero attached hydrogens (tertiary/aromatic N) is 1. The molecule has 0 unspecified atom stereocenters. The molecule has 1 aromatic carbocycles. The fourth-order valence-electron chi connectivity index (χ4n) is 3.06. The summed E-state index contributed by atoms with van der Waals surface area (Å²) < 4.78 is 4.65. The van der Waals surface area contributed by atoms with Crippen LogP contribution in [0.5, 0.6) is 0 Å². The average Bonchev–Trinajstić information content (AvgIpc) is 3.46. The summed E-state index contributed by atoms with van der Waals surface area (Å²) in [6, 6.07) is 7.49. The van der Waals surface area contributed by atoms with Crippen molar-refractivity contribution in [3.8, 4) is 0 Å². The van der Waals surface area contributed by atoms with Gasteiger partial charge >= 0.3 is 5.97 Å². The third-order valence-electron chi connectivity index (χ3n) is 4.73. The lowest BCUT2D eigenvalue weighted by Crippen LogP contribution is -2.35. The maximum Gasteiger partial charge on any atom is 0.322 e. The second kappa shape index (κ2) is 7.18. The Morgan fingerprint density at radius 2 is 2.00 bits per heavy atom. The van der Waals surface area contributed by atoms with Crippen molar-refractivity contribution in [2.75, 3.05) is 20.2 Å². The van der Waals surface area contributed by atoms with E-state index >= 15 is 0 Å². The highest BCUT2D eigenvalue weighted by Gasteiger charge is 2.33. The van der Waals surface area contributed by atoms with E-state index in [2.05, 4.69) is 22.9 Å². The molecule has 5 heteroatoms. The largest absolute Gasteiger partial charge is 0.468 e. The second-order valence-electron chi connectivity index (χ2n) is 6.57. The summed E-state index contributed by atoms with van der Waals surface area (Å²) in [5.74, 6) is 0.213. The standard InChI is InChI=1S/C19H24N2O3/c1-24-19(23)17(20)12-13-2-4-14(5-3-13)15-8-10-21(11-9-15)18(22)16-6-7-16/h2-5,8,16-17H,6-7,9-12,20H2,1H3/t17-/m0/s1. The monoisotopic (exact) mass is 328 g/mol. The van der Waals surface area contributed by atoms with Gasteiger partial charge in [-0.3, -0.25) is 9.59 Å². The van der Waals surface area contributed by atoms with E-state index in [1.54, 1.807) is 0 Å². The predicted molar refractivity (Wildman–Crippen MR) is 92.0 cm³/mol. The summed E-state index contributed by atoms with van der Waals surface area (Å²) in [6.45, 7) is 1.51. The minimum absolute atomic E-state index is 0.290.